The minimum absolute atomic E-state index is 0.0107. The van der Waals surface area contributed by atoms with E-state index in [-0.39, 0.29) is 41.8 Å². The van der Waals surface area contributed by atoms with E-state index in [4.69, 9.17) is 15.2 Å². The van der Waals surface area contributed by atoms with Gasteiger partial charge in [-0.25, -0.2) is 21.8 Å². The summed E-state index contributed by atoms with van der Waals surface area (Å²) in [6.45, 7) is 3.41. The maximum Gasteiger partial charge on any atom is 0.302 e. The number of nitrogens with zero attached hydrogens (tertiary/aromatic N) is 2. The Balaban J connectivity index is 1.60. The van der Waals surface area contributed by atoms with Crippen LogP contribution >= 0.6 is 0 Å². The van der Waals surface area contributed by atoms with Crippen molar-refractivity contribution in [1.82, 2.24) is 8.96 Å². The third kappa shape index (κ3) is 5.90. The fraction of sp³-hybridized carbons (Fsp3) is 0.188. The number of fused-ring (bicyclic) bond motifs is 1. The Bertz CT molecular complexity index is 1870. The van der Waals surface area contributed by atoms with Gasteiger partial charge in [-0.15, -0.1) is 0 Å². The van der Waals surface area contributed by atoms with Crippen molar-refractivity contribution in [3.05, 3.63) is 113 Å². The van der Waals surface area contributed by atoms with E-state index in [1.165, 1.54) is 13.1 Å². The second-order valence-corrected chi connectivity index (χ2v) is 11.6. The molecule has 0 saturated carbocycles. The molecular formula is C32H30FN3O5S. The molecule has 2 N–H and O–H groups in total. The van der Waals surface area contributed by atoms with Crippen molar-refractivity contribution < 1.29 is 27.1 Å². The van der Waals surface area contributed by atoms with Crippen LogP contribution in [0.1, 0.15) is 29.3 Å². The maximum atomic E-state index is 15.5. The Kier molecular flexibility index (Phi) is 8.37. The molecule has 10 heteroatoms. The molecule has 5 rings (SSSR count). The monoisotopic (exact) mass is 587 g/mol. The van der Waals surface area contributed by atoms with Crippen LogP contribution in [0.15, 0.2) is 90.0 Å². The van der Waals surface area contributed by atoms with Crippen molar-refractivity contribution in [2.45, 2.75) is 38.3 Å². The smallest absolute Gasteiger partial charge is 0.302 e. The zero-order chi connectivity index (χ0) is 29.9. The van der Waals surface area contributed by atoms with E-state index in [0.29, 0.717) is 34.4 Å². The number of benzene rings is 3. The second-order valence-electron chi connectivity index (χ2n) is 9.80. The lowest BCUT2D eigenvalue weighted by atomic mass is 9.99. The summed E-state index contributed by atoms with van der Waals surface area (Å²) in [7, 11) is -4.01. The minimum atomic E-state index is -4.01. The molecule has 0 aliphatic carbocycles. The lowest BCUT2D eigenvalue weighted by Gasteiger charge is -2.14. The van der Waals surface area contributed by atoms with Crippen molar-refractivity contribution in [2.75, 3.05) is 6.61 Å². The number of nitrogens with two attached hydrogens (primary N) is 1. The van der Waals surface area contributed by atoms with Crippen LogP contribution in [0.5, 0.6) is 5.75 Å². The predicted octanol–water partition coefficient (Wildman–Crippen LogP) is 5.53. The van der Waals surface area contributed by atoms with Gasteiger partial charge in [-0.05, 0) is 48.4 Å². The molecule has 216 valence electrons. The fourth-order valence-electron chi connectivity index (χ4n) is 4.71. The van der Waals surface area contributed by atoms with Crippen molar-refractivity contribution in [3.63, 3.8) is 0 Å². The molecule has 0 bridgehead atoms. The summed E-state index contributed by atoms with van der Waals surface area (Å²) >= 11 is 0. The van der Waals surface area contributed by atoms with Gasteiger partial charge in [0, 0.05) is 42.6 Å². The molecule has 5 aromatic rings. The van der Waals surface area contributed by atoms with E-state index in [9.17, 15) is 13.2 Å². The van der Waals surface area contributed by atoms with Gasteiger partial charge in [0.15, 0.2) is 5.65 Å². The molecule has 0 aliphatic rings. The largest absolute Gasteiger partial charge is 0.487 e. The summed E-state index contributed by atoms with van der Waals surface area (Å²) < 4.78 is 55.2. The lowest BCUT2D eigenvalue weighted by Crippen LogP contribution is -2.13. The van der Waals surface area contributed by atoms with E-state index in [1.807, 2.05) is 25.1 Å². The highest BCUT2D eigenvalue weighted by Gasteiger charge is 2.23. The van der Waals surface area contributed by atoms with Crippen molar-refractivity contribution in [1.29, 1.82) is 0 Å². The van der Waals surface area contributed by atoms with E-state index in [0.717, 1.165) is 15.1 Å². The van der Waals surface area contributed by atoms with Gasteiger partial charge in [0.05, 0.1) is 17.2 Å². The molecule has 0 radical (unpaired) electrons. The van der Waals surface area contributed by atoms with Gasteiger partial charge < -0.3 is 15.2 Å². The Morgan fingerprint density at radius 3 is 2.45 bits per heavy atom. The molecule has 0 spiro atoms. The number of aromatic nitrogens is 2. The number of esters is 1. The summed E-state index contributed by atoms with van der Waals surface area (Å²) in [4.78, 5) is 16.0. The van der Waals surface area contributed by atoms with E-state index in [1.54, 1.807) is 60.7 Å². The van der Waals surface area contributed by atoms with Crippen molar-refractivity contribution in [2.24, 2.45) is 5.73 Å². The molecule has 0 aliphatic heterocycles. The first-order valence-corrected chi connectivity index (χ1v) is 14.8. The summed E-state index contributed by atoms with van der Waals surface area (Å²) in [6.07, 6.45) is 1.87. The van der Waals surface area contributed by atoms with Gasteiger partial charge in [-0.2, -0.15) is 0 Å². The van der Waals surface area contributed by atoms with Crippen molar-refractivity contribution in [3.8, 4) is 16.9 Å². The van der Waals surface area contributed by atoms with E-state index >= 15 is 4.39 Å². The summed E-state index contributed by atoms with van der Waals surface area (Å²) in [5.74, 6) is -0.288. The maximum absolute atomic E-state index is 15.5. The number of ether oxygens (including phenoxy) is 2. The molecule has 0 unspecified atom stereocenters. The molecule has 2 heterocycles. The summed E-state index contributed by atoms with van der Waals surface area (Å²) in [5, 5.41) is 0.462. The Hall–Kier alpha value is -4.54. The molecule has 0 atom stereocenters. The molecule has 3 aromatic carbocycles. The van der Waals surface area contributed by atoms with Crippen molar-refractivity contribution >= 4 is 27.0 Å². The van der Waals surface area contributed by atoms with Gasteiger partial charge in [0.25, 0.3) is 10.0 Å². The summed E-state index contributed by atoms with van der Waals surface area (Å²) in [5.41, 5.74) is 9.14. The van der Waals surface area contributed by atoms with Gasteiger partial charge in [0.1, 0.15) is 18.2 Å². The number of rotatable bonds is 10. The number of hydrogen-bond donors (Lipinski definition) is 1. The van der Waals surface area contributed by atoms with Crippen LogP contribution in [0.2, 0.25) is 0 Å². The molecule has 2 aromatic heterocycles. The predicted molar refractivity (Wildman–Crippen MR) is 158 cm³/mol. The van der Waals surface area contributed by atoms with Gasteiger partial charge in [0.2, 0.25) is 0 Å². The first-order chi connectivity index (χ1) is 20.2. The Labute approximate surface area is 243 Å². The fourth-order valence-corrected chi connectivity index (χ4v) is 6.00. The first kappa shape index (κ1) is 29.0. The second kappa shape index (κ2) is 12.1. The van der Waals surface area contributed by atoms with Gasteiger partial charge in [-0.1, -0.05) is 54.1 Å². The highest BCUT2D eigenvalue weighted by molar-refractivity contribution is 7.90. The SMILES string of the molecule is CC(=O)OCCc1ccccc1OCc1cc(-c2cccc(CN)c2F)c2ccn(S(=O)(=O)c3ccc(C)cc3)c2n1. The third-order valence-electron chi connectivity index (χ3n) is 6.87. The van der Waals surface area contributed by atoms with Crippen LogP contribution in [0, 0.1) is 12.7 Å². The first-order valence-electron chi connectivity index (χ1n) is 13.3. The molecular weight excluding hydrogens is 557 g/mol. The zero-order valence-corrected chi connectivity index (χ0v) is 24.0. The minimum Gasteiger partial charge on any atom is -0.487 e. The van der Waals surface area contributed by atoms with Crippen LogP contribution < -0.4 is 10.5 Å². The number of halogens is 1. The average Bonchev–Trinajstić information content (AvgIpc) is 3.41. The van der Waals surface area contributed by atoms with Crippen LogP contribution in [-0.2, 0) is 39.1 Å². The number of aryl methyl sites for hydroxylation is 1. The standard InChI is InChI=1S/C32H30FN3O5S/c1-21-10-12-26(13-11-21)42(38,39)36-16-14-28-29(27-8-5-7-24(19-34)31(27)33)18-25(35-32(28)36)20-41-30-9-4-3-6-23(30)15-17-40-22(2)37/h3-14,16,18H,15,17,19-20,34H2,1-2H3. The third-order valence-corrected chi connectivity index (χ3v) is 8.55. The highest BCUT2D eigenvalue weighted by atomic mass is 32.2. The molecule has 42 heavy (non-hydrogen) atoms. The number of para-hydroxylation sites is 1. The van der Waals surface area contributed by atoms with Crippen LogP contribution in [-0.4, -0.2) is 30.0 Å². The quantitative estimate of drug-likeness (QED) is 0.214. The molecule has 0 amide bonds. The summed E-state index contributed by atoms with van der Waals surface area (Å²) in [6, 6.07) is 22.1. The number of hydrogen-bond acceptors (Lipinski definition) is 7. The zero-order valence-electron chi connectivity index (χ0n) is 23.2. The van der Waals surface area contributed by atoms with E-state index in [2.05, 4.69) is 4.98 Å². The molecule has 8 nitrogen and oxygen atoms in total. The number of carbonyl (C=O) groups is 1. The topological polar surface area (TPSA) is 114 Å². The Morgan fingerprint density at radius 1 is 0.976 bits per heavy atom. The van der Waals surface area contributed by atoms with E-state index < -0.39 is 15.8 Å². The van der Waals surface area contributed by atoms with Crippen LogP contribution in [0.4, 0.5) is 4.39 Å². The van der Waals surface area contributed by atoms with Crippen LogP contribution in [0.3, 0.4) is 0 Å². The average molecular weight is 588 g/mol. The molecule has 0 saturated heterocycles. The highest BCUT2D eigenvalue weighted by Crippen LogP contribution is 2.34. The molecule has 0 fully saturated rings. The number of carbonyl (C=O) groups excluding carboxylic acids is 1. The normalized spacial score (nSPS) is 11.5. The van der Waals surface area contributed by atoms with Gasteiger partial charge >= 0.3 is 5.97 Å². The van der Waals surface area contributed by atoms with Gasteiger partial charge in [-0.3, -0.25) is 4.79 Å². The Morgan fingerprint density at radius 2 is 1.71 bits per heavy atom. The van der Waals surface area contributed by atoms with Crippen LogP contribution in [0.25, 0.3) is 22.2 Å². The lowest BCUT2D eigenvalue weighted by molar-refractivity contribution is -0.140. The number of pyridine rings is 1.